The predicted octanol–water partition coefficient (Wildman–Crippen LogP) is 13.8. The SMILES string of the molecule is CC(C)(C)c1ccc(N2c3cc4oc5ccccc5c4c4c3B(c3ccc5oc6ccccc6c5c32)N2c3ccccc3C(C)(C)c3cccc-4c32)c(-c2ccccc2)c1. The van der Waals surface area contributed by atoms with Gasteiger partial charge in [-0.15, -0.1) is 0 Å². The van der Waals surface area contributed by atoms with Crippen molar-refractivity contribution in [1.82, 2.24) is 0 Å². The summed E-state index contributed by atoms with van der Waals surface area (Å²) < 4.78 is 13.7. The van der Waals surface area contributed by atoms with Crippen LogP contribution in [0.5, 0.6) is 0 Å². The number of hydrogen-bond donors (Lipinski definition) is 0. The normalized spacial score (nSPS) is 14.8. The molecule has 0 spiro atoms. The van der Waals surface area contributed by atoms with E-state index < -0.39 is 0 Å². The van der Waals surface area contributed by atoms with Crippen LogP contribution in [-0.4, -0.2) is 6.85 Å². The molecule has 0 unspecified atom stereocenters. The molecule has 3 aliphatic rings. The van der Waals surface area contributed by atoms with E-state index in [9.17, 15) is 0 Å². The average Bonchev–Trinajstić information content (AvgIpc) is 3.84. The van der Waals surface area contributed by atoms with Gasteiger partial charge in [-0.05, 0) is 80.6 Å². The molecule has 13 rings (SSSR count). The fourth-order valence-corrected chi connectivity index (χ4v) is 11.0. The zero-order chi connectivity index (χ0) is 40.2. The van der Waals surface area contributed by atoms with Gasteiger partial charge in [-0.1, -0.05) is 150 Å². The average molecular weight is 773 g/mol. The fraction of sp³-hybridized carbons (Fsp3) is 0.127. The Balaban J connectivity index is 1.26. The molecule has 60 heavy (non-hydrogen) atoms. The summed E-state index contributed by atoms with van der Waals surface area (Å²) in [6.45, 7) is 11.5. The maximum absolute atomic E-state index is 6.96. The number of furan rings is 2. The van der Waals surface area contributed by atoms with Crippen LogP contribution in [0.15, 0.2) is 167 Å². The van der Waals surface area contributed by atoms with Crippen LogP contribution in [0.2, 0.25) is 0 Å². The number of rotatable bonds is 2. The third-order valence-electron chi connectivity index (χ3n) is 13.8. The molecular weight excluding hydrogens is 731 g/mol. The van der Waals surface area contributed by atoms with Crippen LogP contribution in [0.3, 0.4) is 0 Å². The number of para-hydroxylation sites is 4. The van der Waals surface area contributed by atoms with Crippen LogP contribution < -0.4 is 20.6 Å². The van der Waals surface area contributed by atoms with Gasteiger partial charge in [-0.2, -0.15) is 0 Å². The van der Waals surface area contributed by atoms with Gasteiger partial charge in [0.05, 0.1) is 16.8 Å². The molecule has 3 aliphatic heterocycles. The minimum atomic E-state index is -0.223. The van der Waals surface area contributed by atoms with E-state index in [0.29, 0.717) is 0 Å². The van der Waals surface area contributed by atoms with E-state index in [2.05, 4.69) is 202 Å². The van der Waals surface area contributed by atoms with Crippen LogP contribution in [0, 0.1) is 0 Å². The standard InChI is InChI=1S/C55H41BN2O2/c1-54(2,3)33-26-28-41(37(30-33)32-16-7-6-8-17-32)57-43-31-47-48(34-18-9-13-24-44(34)60-47)50-36-20-15-22-39-52(36)58(42-23-12-11-21-38(42)55(39,4)5)56(51(43)50)40-27-29-46-49(53(40)57)35-19-10-14-25-45(35)59-46/h6-31H,1-5H3. The molecule has 0 bridgehead atoms. The van der Waals surface area contributed by atoms with Crippen molar-refractivity contribution >= 4 is 90.1 Å². The molecule has 5 heteroatoms. The highest BCUT2D eigenvalue weighted by molar-refractivity contribution is 6.94. The second-order valence-corrected chi connectivity index (χ2v) is 18.4. The van der Waals surface area contributed by atoms with E-state index in [1.165, 1.54) is 66.6 Å². The Kier molecular flexibility index (Phi) is 6.57. The number of anilines is 5. The molecule has 0 aliphatic carbocycles. The Labute approximate surface area is 349 Å². The quantitative estimate of drug-likeness (QED) is 0.164. The highest BCUT2D eigenvalue weighted by atomic mass is 16.3. The molecule has 4 nitrogen and oxygen atoms in total. The van der Waals surface area contributed by atoms with Gasteiger partial charge in [0.25, 0.3) is 0 Å². The third-order valence-corrected chi connectivity index (χ3v) is 13.8. The van der Waals surface area contributed by atoms with Gasteiger partial charge in [0, 0.05) is 55.8 Å². The van der Waals surface area contributed by atoms with Gasteiger partial charge in [0.1, 0.15) is 22.3 Å². The molecule has 0 amide bonds. The van der Waals surface area contributed by atoms with Gasteiger partial charge in [0.2, 0.25) is 0 Å². The molecule has 5 heterocycles. The molecule has 286 valence electrons. The van der Waals surface area contributed by atoms with Gasteiger partial charge >= 0.3 is 6.85 Å². The van der Waals surface area contributed by atoms with Gasteiger partial charge in [-0.25, -0.2) is 0 Å². The van der Waals surface area contributed by atoms with E-state index in [0.717, 1.165) is 55.6 Å². The number of benzene rings is 8. The molecule has 0 saturated heterocycles. The number of fused-ring (bicyclic) bond motifs is 14. The highest BCUT2D eigenvalue weighted by Crippen LogP contribution is 2.58. The summed E-state index contributed by atoms with van der Waals surface area (Å²) in [6.07, 6.45) is 0. The minimum absolute atomic E-state index is 0.0514. The fourth-order valence-electron chi connectivity index (χ4n) is 11.0. The molecule has 0 atom stereocenters. The first-order valence-electron chi connectivity index (χ1n) is 21.1. The van der Waals surface area contributed by atoms with E-state index in [1.807, 2.05) is 0 Å². The van der Waals surface area contributed by atoms with Crippen molar-refractivity contribution in [1.29, 1.82) is 0 Å². The summed E-state index contributed by atoms with van der Waals surface area (Å²) >= 11 is 0. The Bertz CT molecular complexity index is 3480. The van der Waals surface area contributed by atoms with Crippen molar-refractivity contribution in [3.8, 4) is 22.3 Å². The summed E-state index contributed by atoms with van der Waals surface area (Å²) in [6, 6.07) is 58.0. The van der Waals surface area contributed by atoms with Gasteiger partial charge < -0.3 is 18.5 Å². The minimum Gasteiger partial charge on any atom is -0.456 e. The summed E-state index contributed by atoms with van der Waals surface area (Å²) in [7, 11) is 0. The van der Waals surface area contributed by atoms with Crippen LogP contribution in [0.1, 0.15) is 51.3 Å². The first kappa shape index (κ1) is 33.9. The van der Waals surface area contributed by atoms with Crippen molar-refractivity contribution in [2.24, 2.45) is 0 Å². The highest BCUT2D eigenvalue weighted by Gasteiger charge is 2.51. The summed E-state index contributed by atoms with van der Waals surface area (Å²) in [4.78, 5) is 5.24. The predicted molar refractivity (Wildman–Crippen MR) is 251 cm³/mol. The lowest BCUT2D eigenvalue weighted by Gasteiger charge is -2.51. The molecule has 0 radical (unpaired) electrons. The lowest BCUT2D eigenvalue weighted by atomic mass is 9.42. The number of nitrogens with zero attached hydrogens (tertiary/aromatic N) is 2. The van der Waals surface area contributed by atoms with Crippen molar-refractivity contribution in [2.45, 2.75) is 45.4 Å². The first-order chi connectivity index (χ1) is 29.2. The van der Waals surface area contributed by atoms with Crippen molar-refractivity contribution in [2.75, 3.05) is 9.71 Å². The molecule has 0 saturated carbocycles. The van der Waals surface area contributed by atoms with E-state index in [-0.39, 0.29) is 17.7 Å². The molecule has 8 aromatic carbocycles. The molecule has 2 aromatic heterocycles. The third kappa shape index (κ3) is 4.31. The van der Waals surface area contributed by atoms with Crippen molar-refractivity contribution < 1.29 is 8.83 Å². The maximum atomic E-state index is 6.96. The monoisotopic (exact) mass is 772 g/mol. The summed E-state index contributed by atoms with van der Waals surface area (Å²) in [5.74, 6) is 0. The summed E-state index contributed by atoms with van der Waals surface area (Å²) in [5.41, 5.74) is 20.5. The zero-order valence-electron chi connectivity index (χ0n) is 34.3. The van der Waals surface area contributed by atoms with Crippen molar-refractivity contribution in [3.05, 3.63) is 174 Å². The van der Waals surface area contributed by atoms with Crippen LogP contribution in [-0.2, 0) is 10.8 Å². The maximum Gasteiger partial charge on any atom is 0.333 e. The Hall–Kier alpha value is -6.98. The van der Waals surface area contributed by atoms with Crippen LogP contribution >= 0.6 is 0 Å². The Morgan fingerprint density at radius 2 is 1.20 bits per heavy atom. The van der Waals surface area contributed by atoms with Crippen LogP contribution in [0.4, 0.5) is 28.4 Å². The lowest BCUT2D eigenvalue weighted by molar-refractivity contribution is 0.590. The second kappa shape index (κ2) is 11.6. The topological polar surface area (TPSA) is 32.8 Å². The van der Waals surface area contributed by atoms with E-state index >= 15 is 0 Å². The smallest absolute Gasteiger partial charge is 0.333 e. The molecule has 0 N–H and O–H groups in total. The van der Waals surface area contributed by atoms with Gasteiger partial charge in [0.15, 0.2) is 0 Å². The van der Waals surface area contributed by atoms with Gasteiger partial charge in [-0.3, -0.25) is 0 Å². The van der Waals surface area contributed by atoms with Crippen LogP contribution in [0.25, 0.3) is 66.1 Å². The largest absolute Gasteiger partial charge is 0.456 e. The second-order valence-electron chi connectivity index (χ2n) is 18.4. The molecule has 10 aromatic rings. The van der Waals surface area contributed by atoms with E-state index in [1.54, 1.807) is 0 Å². The van der Waals surface area contributed by atoms with Crippen molar-refractivity contribution in [3.63, 3.8) is 0 Å². The Morgan fingerprint density at radius 3 is 1.98 bits per heavy atom. The molecule has 0 fully saturated rings. The number of hydrogen-bond acceptors (Lipinski definition) is 4. The lowest BCUT2D eigenvalue weighted by Crippen LogP contribution is -2.63. The zero-order valence-corrected chi connectivity index (χ0v) is 34.3. The molecular formula is C55H41BN2O2. The van der Waals surface area contributed by atoms with E-state index in [4.69, 9.17) is 8.83 Å². The Morgan fingerprint density at radius 1 is 0.517 bits per heavy atom. The first-order valence-corrected chi connectivity index (χ1v) is 21.1. The summed E-state index contributed by atoms with van der Waals surface area (Å²) in [5, 5.41) is 4.53.